The van der Waals surface area contributed by atoms with E-state index in [1.165, 1.54) is 44.5 Å². The Bertz CT molecular complexity index is 1550. The molecule has 8 rings (SSSR count). The zero-order valence-corrected chi connectivity index (χ0v) is 38.2. The van der Waals surface area contributed by atoms with Crippen LogP contribution in [-0.4, -0.2) is 10.9 Å². The molecule has 4 aromatic rings. The first kappa shape index (κ1) is 46.1. The molecule has 0 unspecified atom stereocenters. The molecule has 0 amide bonds. The molecular formula is C44H48Cl2Si2Zr2-2. The molecular weight excluding hydrogens is 838 g/mol. The minimum absolute atomic E-state index is 0. The van der Waals surface area contributed by atoms with E-state index in [9.17, 15) is 0 Å². The number of fused-ring (bicyclic) bond motifs is 4. The van der Waals surface area contributed by atoms with Gasteiger partial charge in [0.05, 0.1) is 0 Å². The molecule has 50 heavy (non-hydrogen) atoms. The van der Waals surface area contributed by atoms with Gasteiger partial charge in [0.25, 0.3) is 0 Å². The van der Waals surface area contributed by atoms with Gasteiger partial charge in [-0.05, 0) is 0 Å². The molecule has 0 fully saturated rings. The first-order valence-corrected chi connectivity index (χ1v) is 29.1. The van der Waals surface area contributed by atoms with Gasteiger partial charge in [-0.1, -0.05) is 74.3 Å². The van der Waals surface area contributed by atoms with Crippen LogP contribution in [0, 0.1) is 0 Å². The Kier molecular flexibility index (Phi) is 25.6. The Morgan fingerprint density at radius 3 is 0.800 bits per heavy atom. The van der Waals surface area contributed by atoms with Crippen molar-refractivity contribution in [2.45, 2.75) is 51.9 Å². The fraction of sp³-hybridized carbons (Fsp3) is 0.182. The van der Waals surface area contributed by atoms with Crippen molar-refractivity contribution in [3.05, 3.63) is 190 Å². The molecule has 0 saturated heterocycles. The zero-order valence-electron chi connectivity index (χ0n) is 29.8. The summed E-state index contributed by atoms with van der Waals surface area (Å²) in [6, 6.07) is 25.7. The predicted octanol–water partition coefficient (Wildman–Crippen LogP) is 5.70. The Hall–Kier alpha value is -1.90. The Morgan fingerprint density at radius 2 is 0.600 bits per heavy atom. The van der Waals surface area contributed by atoms with E-state index in [0.29, 0.717) is 0 Å². The fourth-order valence-electron chi connectivity index (χ4n) is 5.01. The van der Waals surface area contributed by atoms with E-state index in [-0.39, 0.29) is 35.7 Å². The van der Waals surface area contributed by atoms with Gasteiger partial charge in [-0.3, -0.25) is 0 Å². The summed E-state index contributed by atoms with van der Waals surface area (Å²) in [5, 5.41) is 0. The maximum atomic E-state index is 2.31. The van der Waals surface area contributed by atoms with Crippen LogP contribution < -0.4 is 24.8 Å². The normalized spacial score (nSPS) is 13.0. The molecule has 0 bridgehead atoms. The molecule has 0 saturated carbocycles. The van der Waals surface area contributed by atoms with E-state index in [1.54, 1.807) is 46.7 Å². The molecule has 0 aromatic heterocycles. The van der Waals surface area contributed by atoms with Gasteiger partial charge in [-0.25, -0.2) is 0 Å². The van der Waals surface area contributed by atoms with Crippen LogP contribution in [0.15, 0.2) is 146 Å². The Morgan fingerprint density at radius 1 is 0.400 bits per heavy atom. The van der Waals surface area contributed by atoms with Crippen LogP contribution in [0.25, 0.3) is 24.3 Å². The van der Waals surface area contributed by atoms with Crippen molar-refractivity contribution in [1.29, 1.82) is 0 Å². The molecule has 0 spiro atoms. The van der Waals surface area contributed by atoms with Crippen LogP contribution >= 0.6 is 0 Å². The number of halogens is 2. The Labute approximate surface area is 345 Å². The van der Waals surface area contributed by atoms with Crippen molar-refractivity contribution in [2.24, 2.45) is 0 Å². The minimum Gasteiger partial charge on any atom is -1.00 e. The second-order valence-corrected chi connectivity index (χ2v) is 30.7. The van der Waals surface area contributed by atoms with E-state index in [2.05, 4.69) is 196 Å². The van der Waals surface area contributed by atoms with Crippen LogP contribution in [0.4, 0.5) is 0 Å². The van der Waals surface area contributed by atoms with Crippen molar-refractivity contribution in [3.8, 4) is 0 Å². The maximum absolute atomic E-state index is 2.31. The van der Waals surface area contributed by atoms with Crippen molar-refractivity contribution < 1.29 is 71.5 Å². The molecule has 0 radical (unpaired) electrons. The number of hydrogen-bond acceptors (Lipinski definition) is 0. The zero-order chi connectivity index (χ0) is 34.4. The maximum Gasteiger partial charge on any atom is -1.00 e. The van der Waals surface area contributed by atoms with Gasteiger partial charge in [-0.2, -0.15) is 93.0 Å². The van der Waals surface area contributed by atoms with Crippen molar-refractivity contribution >= 4 is 35.2 Å². The van der Waals surface area contributed by atoms with Gasteiger partial charge in [0.15, 0.2) is 0 Å². The molecule has 256 valence electrons. The molecule has 6 heteroatoms. The molecule has 0 N–H and O–H groups in total. The van der Waals surface area contributed by atoms with E-state index < -0.39 is 0 Å². The van der Waals surface area contributed by atoms with Crippen LogP contribution in [0.1, 0.15) is 44.5 Å². The van der Waals surface area contributed by atoms with Crippen molar-refractivity contribution in [2.75, 3.05) is 0 Å². The van der Waals surface area contributed by atoms with Crippen LogP contribution in [0.2, 0.25) is 26.2 Å². The summed E-state index contributed by atoms with van der Waals surface area (Å²) < 4.78 is 0. The largest absolute Gasteiger partial charge is 1.00 e. The minimum atomic E-state index is 0. The Balaban J connectivity index is 0.000000308. The molecule has 0 heterocycles. The summed E-state index contributed by atoms with van der Waals surface area (Å²) in [6.45, 7) is 9.23. The first-order chi connectivity index (χ1) is 23.3. The molecule has 4 aliphatic rings. The molecule has 4 aliphatic carbocycles. The quantitative estimate of drug-likeness (QED) is 0.157. The van der Waals surface area contributed by atoms with E-state index in [0.717, 1.165) is 25.7 Å². The van der Waals surface area contributed by atoms with Crippen molar-refractivity contribution in [1.82, 2.24) is 0 Å². The number of hydrogen-bond donors (Lipinski definition) is 0. The third kappa shape index (κ3) is 19.1. The number of allylic oxidation sites excluding steroid dienone is 12. The van der Waals surface area contributed by atoms with Crippen LogP contribution in [-0.2, 0) is 72.4 Å². The summed E-state index contributed by atoms with van der Waals surface area (Å²) in [7, 11) is 0. The summed E-state index contributed by atoms with van der Waals surface area (Å²) >= 11 is 3.48. The molecule has 0 nitrogen and oxygen atoms in total. The van der Waals surface area contributed by atoms with Gasteiger partial charge in [-0.15, -0.1) is 72.9 Å². The van der Waals surface area contributed by atoms with Gasteiger partial charge < -0.3 is 24.8 Å². The molecule has 4 aromatic carbocycles. The van der Waals surface area contributed by atoms with Gasteiger partial charge >= 0.3 is 83.7 Å². The van der Waals surface area contributed by atoms with Gasteiger partial charge in [0.1, 0.15) is 0 Å². The molecule has 0 atom stereocenters. The van der Waals surface area contributed by atoms with Crippen molar-refractivity contribution in [3.63, 3.8) is 0 Å². The third-order valence-corrected chi connectivity index (χ3v) is 7.22. The monoisotopic (exact) mass is 882 g/mol. The second-order valence-electron chi connectivity index (χ2n) is 12.0. The van der Waals surface area contributed by atoms with E-state index in [4.69, 9.17) is 0 Å². The van der Waals surface area contributed by atoms with Crippen LogP contribution in [0.3, 0.4) is 0 Å². The molecule has 0 aliphatic heterocycles. The van der Waals surface area contributed by atoms with Crippen LogP contribution in [0.5, 0.6) is 0 Å². The SMILES string of the molecule is C1=CCc2cc[cH-]c2C=C1.C1=CCc2cc[cH-]c2C=C1.C1=CCc2cc[cH-]c2C=C1.C1=CCc2cc[cH-]c2C=C1.C[Si](C)=[Zr+2].C[Si](C)=[Zr+2].[Cl-].[Cl-]. The second kappa shape index (κ2) is 27.7. The van der Waals surface area contributed by atoms with E-state index in [1.807, 2.05) is 0 Å². The summed E-state index contributed by atoms with van der Waals surface area (Å²) in [5.41, 5.74) is 11.6. The summed E-state index contributed by atoms with van der Waals surface area (Å²) in [5.74, 6) is 0. The van der Waals surface area contributed by atoms with Gasteiger partial charge in [0, 0.05) is 0 Å². The summed E-state index contributed by atoms with van der Waals surface area (Å²) in [4.78, 5) is 0. The average Bonchev–Trinajstić information content (AvgIpc) is 3.78. The van der Waals surface area contributed by atoms with E-state index >= 15 is 0 Å². The standard InChI is InChI=1S/4C10H9.2C2H6Si.2ClH.2Zr/c4*1-2-5-9-7-4-8-10(9)6-3-1;2*1-3-2;;;;/h4*1-5,7-8H,6H2;2*1-2H3;2*1H;;/q4*-1;;;;;2*+2/p-2. The smallest absolute Gasteiger partial charge is 1.00 e. The van der Waals surface area contributed by atoms with Gasteiger partial charge in [0.2, 0.25) is 0 Å². The average molecular weight is 886 g/mol. The predicted molar refractivity (Wildman–Crippen MR) is 211 cm³/mol. The third-order valence-electron chi connectivity index (χ3n) is 7.22. The summed E-state index contributed by atoms with van der Waals surface area (Å²) in [6.07, 6.45) is 38.4. The number of rotatable bonds is 0. The first-order valence-electron chi connectivity index (χ1n) is 16.7. The topological polar surface area (TPSA) is 0 Å². The fourth-order valence-corrected chi connectivity index (χ4v) is 5.01.